The van der Waals surface area contributed by atoms with Gasteiger partial charge >= 0.3 is 0 Å². The van der Waals surface area contributed by atoms with Crippen molar-refractivity contribution in [3.05, 3.63) is 35.4 Å². The molecular weight excluding hydrogens is 246 g/mol. The van der Waals surface area contributed by atoms with Gasteiger partial charge in [-0.2, -0.15) is 0 Å². The van der Waals surface area contributed by atoms with E-state index in [0.29, 0.717) is 12.6 Å². The lowest BCUT2D eigenvalue weighted by molar-refractivity contribution is 0.0884. The number of rotatable bonds is 3. The van der Waals surface area contributed by atoms with E-state index >= 15 is 0 Å². The van der Waals surface area contributed by atoms with E-state index in [2.05, 4.69) is 59.9 Å². The number of hydrogen-bond donors (Lipinski definition) is 1. The third-order valence-electron chi connectivity index (χ3n) is 4.03. The molecular formula is C17H25N3. The first-order valence-electron chi connectivity index (χ1n) is 7.43. The lowest BCUT2D eigenvalue weighted by Gasteiger charge is -2.39. The summed E-state index contributed by atoms with van der Waals surface area (Å²) in [7, 11) is 2.23. The number of benzene rings is 1. The number of hydrogen-bond acceptors (Lipinski definition) is 3. The third kappa shape index (κ3) is 4.08. The smallest absolute Gasteiger partial charge is 0.0555 e. The fraction of sp³-hybridized carbons (Fsp3) is 0.529. The summed E-state index contributed by atoms with van der Waals surface area (Å²) >= 11 is 0. The molecule has 20 heavy (non-hydrogen) atoms. The average molecular weight is 271 g/mol. The minimum Gasteiger partial charge on any atom is -0.320 e. The van der Waals surface area contributed by atoms with Gasteiger partial charge < -0.3 is 10.6 Å². The van der Waals surface area contributed by atoms with Gasteiger partial charge in [-0.05, 0) is 31.2 Å². The zero-order valence-electron chi connectivity index (χ0n) is 12.6. The molecule has 0 aromatic heterocycles. The highest BCUT2D eigenvalue weighted by atomic mass is 15.3. The Morgan fingerprint density at radius 1 is 1.25 bits per heavy atom. The van der Waals surface area contributed by atoms with E-state index in [1.54, 1.807) is 0 Å². The zero-order chi connectivity index (χ0) is 14.4. The molecule has 0 amide bonds. The van der Waals surface area contributed by atoms with Gasteiger partial charge in [0.15, 0.2) is 0 Å². The molecule has 1 aliphatic heterocycles. The summed E-state index contributed by atoms with van der Waals surface area (Å²) < 4.78 is 0. The van der Waals surface area contributed by atoms with E-state index in [9.17, 15) is 0 Å². The van der Waals surface area contributed by atoms with Crippen LogP contribution in [-0.4, -0.2) is 49.1 Å². The minimum absolute atomic E-state index is 0.418. The highest BCUT2D eigenvalue weighted by molar-refractivity contribution is 5.36. The summed E-state index contributed by atoms with van der Waals surface area (Å²) in [5.74, 6) is 5.95. The Kier molecular flexibility index (Phi) is 5.60. The topological polar surface area (TPSA) is 32.5 Å². The molecule has 0 radical (unpaired) electrons. The molecule has 1 aliphatic rings. The van der Waals surface area contributed by atoms with Gasteiger partial charge in [0.05, 0.1) is 6.54 Å². The van der Waals surface area contributed by atoms with Gasteiger partial charge in [-0.15, -0.1) is 0 Å². The molecule has 0 bridgehead atoms. The molecule has 0 saturated carbocycles. The molecule has 1 atom stereocenters. The van der Waals surface area contributed by atoms with Gasteiger partial charge in [-0.3, -0.25) is 4.90 Å². The first-order valence-corrected chi connectivity index (χ1v) is 7.43. The second-order valence-corrected chi connectivity index (χ2v) is 5.48. The summed E-state index contributed by atoms with van der Waals surface area (Å²) in [5.41, 5.74) is 7.79. The standard InChI is InChI=1S/C17H25N3/c1-3-17-14-20(12-11-19(17)2)13-16-8-6-15(7-9-16)5-4-10-18/h6-9,17H,3,10-14,18H2,1-2H3. The Balaban J connectivity index is 1.93. The molecule has 0 spiro atoms. The number of likely N-dealkylation sites (N-methyl/N-ethyl adjacent to an activating group) is 1. The van der Waals surface area contributed by atoms with Crippen LogP contribution < -0.4 is 5.73 Å². The Morgan fingerprint density at radius 3 is 2.65 bits per heavy atom. The quantitative estimate of drug-likeness (QED) is 0.846. The van der Waals surface area contributed by atoms with Crippen molar-refractivity contribution in [3.63, 3.8) is 0 Å². The van der Waals surface area contributed by atoms with Crippen molar-refractivity contribution in [2.45, 2.75) is 25.9 Å². The van der Waals surface area contributed by atoms with Gasteiger partial charge in [0.25, 0.3) is 0 Å². The highest BCUT2D eigenvalue weighted by Crippen LogP contribution is 2.14. The molecule has 1 aromatic carbocycles. The van der Waals surface area contributed by atoms with Crippen LogP contribution in [0.3, 0.4) is 0 Å². The lowest BCUT2D eigenvalue weighted by atomic mass is 10.1. The molecule has 0 aliphatic carbocycles. The predicted molar refractivity (Wildman–Crippen MR) is 84.4 cm³/mol. The molecule has 2 rings (SSSR count). The molecule has 1 unspecified atom stereocenters. The van der Waals surface area contributed by atoms with Crippen LogP contribution in [0.5, 0.6) is 0 Å². The molecule has 1 heterocycles. The molecule has 3 heteroatoms. The average Bonchev–Trinajstić information content (AvgIpc) is 2.48. The first kappa shape index (κ1) is 15.1. The van der Waals surface area contributed by atoms with Crippen molar-refractivity contribution in [1.82, 2.24) is 9.80 Å². The van der Waals surface area contributed by atoms with Crippen molar-refractivity contribution in [2.24, 2.45) is 5.73 Å². The predicted octanol–water partition coefficient (Wildman–Crippen LogP) is 1.52. The van der Waals surface area contributed by atoms with Gasteiger partial charge in [0, 0.05) is 37.8 Å². The van der Waals surface area contributed by atoms with Crippen LogP contribution in [0.15, 0.2) is 24.3 Å². The number of nitrogens with zero attached hydrogens (tertiary/aromatic N) is 2. The van der Waals surface area contributed by atoms with E-state index in [0.717, 1.165) is 18.7 Å². The summed E-state index contributed by atoms with van der Waals surface area (Å²) in [6.45, 7) is 7.22. The van der Waals surface area contributed by atoms with Crippen LogP contribution in [0.25, 0.3) is 0 Å². The fourth-order valence-electron chi connectivity index (χ4n) is 2.70. The Labute approximate surface area is 122 Å². The largest absolute Gasteiger partial charge is 0.320 e. The van der Waals surface area contributed by atoms with Crippen LogP contribution >= 0.6 is 0 Å². The first-order chi connectivity index (χ1) is 9.72. The van der Waals surface area contributed by atoms with Crippen molar-refractivity contribution in [1.29, 1.82) is 0 Å². The van der Waals surface area contributed by atoms with Gasteiger partial charge in [0.1, 0.15) is 0 Å². The summed E-state index contributed by atoms with van der Waals surface area (Å²) in [4.78, 5) is 5.02. The monoisotopic (exact) mass is 271 g/mol. The fourth-order valence-corrected chi connectivity index (χ4v) is 2.70. The summed E-state index contributed by atoms with van der Waals surface area (Å²) in [6, 6.07) is 9.23. The van der Waals surface area contributed by atoms with E-state index in [4.69, 9.17) is 5.73 Å². The van der Waals surface area contributed by atoms with Crippen LogP contribution in [0.1, 0.15) is 24.5 Å². The Bertz CT molecular complexity index is 469. The van der Waals surface area contributed by atoms with Gasteiger partial charge in [0.2, 0.25) is 0 Å². The van der Waals surface area contributed by atoms with E-state index in [-0.39, 0.29) is 0 Å². The molecule has 2 N–H and O–H groups in total. The molecule has 1 fully saturated rings. The normalized spacial score (nSPS) is 20.4. The van der Waals surface area contributed by atoms with E-state index in [1.165, 1.54) is 25.1 Å². The second-order valence-electron chi connectivity index (χ2n) is 5.48. The lowest BCUT2D eigenvalue weighted by Crippen LogP contribution is -2.50. The van der Waals surface area contributed by atoms with Crippen LogP contribution in [0, 0.1) is 11.8 Å². The molecule has 1 aromatic rings. The van der Waals surface area contributed by atoms with Crippen molar-refractivity contribution < 1.29 is 0 Å². The maximum Gasteiger partial charge on any atom is 0.0555 e. The van der Waals surface area contributed by atoms with Crippen LogP contribution in [-0.2, 0) is 6.54 Å². The Morgan fingerprint density at radius 2 is 2.00 bits per heavy atom. The maximum absolute atomic E-state index is 5.38. The Hall–Kier alpha value is -1.34. The maximum atomic E-state index is 5.38. The molecule has 108 valence electrons. The minimum atomic E-state index is 0.418. The summed E-state index contributed by atoms with van der Waals surface area (Å²) in [6.07, 6.45) is 1.22. The van der Waals surface area contributed by atoms with Gasteiger partial charge in [-0.25, -0.2) is 0 Å². The third-order valence-corrected chi connectivity index (χ3v) is 4.03. The van der Waals surface area contributed by atoms with Crippen molar-refractivity contribution in [2.75, 3.05) is 33.2 Å². The van der Waals surface area contributed by atoms with Gasteiger partial charge in [-0.1, -0.05) is 30.9 Å². The van der Waals surface area contributed by atoms with E-state index < -0.39 is 0 Å². The number of nitrogens with two attached hydrogens (primary N) is 1. The van der Waals surface area contributed by atoms with Crippen molar-refractivity contribution >= 4 is 0 Å². The molecule has 1 saturated heterocycles. The number of piperazine rings is 1. The highest BCUT2D eigenvalue weighted by Gasteiger charge is 2.22. The second kappa shape index (κ2) is 7.44. The van der Waals surface area contributed by atoms with E-state index in [1.807, 2.05) is 0 Å². The molecule has 3 nitrogen and oxygen atoms in total. The van der Waals surface area contributed by atoms with Crippen LogP contribution in [0.2, 0.25) is 0 Å². The van der Waals surface area contributed by atoms with Crippen molar-refractivity contribution in [3.8, 4) is 11.8 Å². The SMILES string of the molecule is CCC1CN(Cc2ccc(C#CCN)cc2)CCN1C. The van der Waals surface area contributed by atoms with Crippen LogP contribution in [0.4, 0.5) is 0 Å². The summed E-state index contributed by atoms with van der Waals surface area (Å²) in [5, 5.41) is 0. The zero-order valence-corrected chi connectivity index (χ0v) is 12.6.